The van der Waals surface area contributed by atoms with Gasteiger partial charge in [0.25, 0.3) is 0 Å². The summed E-state index contributed by atoms with van der Waals surface area (Å²) in [6, 6.07) is 0. The summed E-state index contributed by atoms with van der Waals surface area (Å²) in [7, 11) is 0. The molecule has 0 aromatic rings. The number of rotatable bonds is 3. The van der Waals surface area contributed by atoms with Crippen LogP contribution in [0.1, 0.15) is 25.7 Å². The van der Waals surface area contributed by atoms with Gasteiger partial charge in [-0.3, -0.25) is 4.79 Å². The van der Waals surface area contributed by atoms with E-state index in [1.165, 1.54) is 0 Å². The molecule has 76 valence electrons. The number of allylic oxidation sites excluding steroid dienone is 2. The van der Waals surface area contributed by atoms with Crippen molar-refractivity contribution in [1.29, 1.82) is 0 Å². The molecule has 1 rings (SSSR count). The molecule has 0 saturated carbocycles. The first-order valence-corrected chi connectivity index (χ1v) is 4.44. The van der Waals surface area contributed by atoms with Crippen LogP contribution in [0.4, 0.5) is 0 Å². The maximum atomic E-state index is 10.5. The predicted octanol–water partition coefficient (Wildman–Crippen LogP) is 1.58. The Morgan fingerprint density at radius 2 is 2.14 bits per heavy atom. The summed E-state index contributed by atoms with van der Waals surface area (Å²) in [4.78, 5) is 20.9. The lowest BCUT2D eigenvalue weighted by atomic mass is 9.91. The number of carbonyl (C=O) groups is 2. The lowest BCUT2D eigenvalue weighted by molar-refractivity contribution is -0.136. The van der Waals surface area contributed by atoms with Crippen molar-refractivity contribution >= 4 is 11.9 Å². The van der Waals surface area contributed by atoms with Gasteiger partial charge in [0.15, 0.2) is 0 Å². The van der Waals surface area contributed by atoms with E-state index in [9.17, 15) is 9.59 Å². The third-order valence-corrected chi connectivity index (χ3v) is 2.09. The molecule has 2 N–H and O–H groups in total. The van der Waals surface area contributed by atoms with Crippen molar-refractivity contribution in [1.82, 2.24) is 0 Å². The van der Waals surface area contributed by atoms with Crippen molar-refractivity contribution in [2.45, 2.75) is 25.7 Å². The molecular weight excluding hydrogens is 184 g/mol. The van der Waals surface area contributed by atoms with E-state index in [4.69, 9.17) is 10.2 Å². The van der Waals surface area contributed by atoms with Crippen LogP contribution in [0, 0.1) is 0 Å². The zero-order chi connectivity index (χ0) is 10.6. The van der Waals surface area contributed by atoms with Gasteiger partial charge in [-0.2, -0.15) is 0 Å². The largest absolute Gasteiger partial charge is 0.481 e. The van der Waals surface area contributed by atoms with E-state index in [-0.39, 0.29) is 6.42 Å². The molecule has 4 heteroatoms. The normalized spacial score (nSPS) is 19.1. The fourth-order valence-electron chi connectivity index (χ4n) is 1.52. The quantitative estimate of drug-likeness (QED) is 0.672. The minimum absolute atomic E-state index is 0.0842. The molecule has 0 radical (unpaired) electrons. The number of hydrogen-bond donors (Lipinski definition) is 2. The van der Waals surface area contributed by atoms with Gasteiger partial charge < -0.3 is 10.2 Å². The Kier molecular flexibility index (Phi) is 3.45. The smallest absolute Gasteiger partial charge is 0.328 e. The van der Waals surface area contributed by atoms with Crippen molar-refractivity contribution in [2.75, 3.05) is 0 Å². The molecule has 0 aromatic carbocycles. The first-order valence-electron chi connectivity index (χ1n) is 4.44. The molecule has 4 nitrogen and oxygen atoms in total. The molecule has 0 amide bonds. The van der Waals surface area contributed by atoms with E-state index in [0.717, 1.165) is 18.9 Å². The van der Waals surface area contributed by atoms with Crippen LogP contribution in [0.15, 0.2) is 23.3 Å². The third kappa shape index (κ3) is 3.05. The van der Waals surface area contributed by atoms with Crippen LogP contribution in [0.3, 0.4) is 0 Å². The second kappa shape index (κ2) is 4.60. The van der Waals surface area contributed by atoms with Gasteiger partial charge in [0, 0.05) is 6.08 Å². The number of aliphatic carboxylic acids is 2. The van der Waals surface area contributed by atoms with E-state index in [1.54, 1.807) is 0 Å². The maximum absolute atomic E-state index is 10.5. The first kappa shape index (κ1) is 10.5. The van der Waals surface area contributed by atoms with Crippen LogP contribution >= 0.6 is 0 Å². The Labute approximate surface area is 81.6 Å². The Morgan fingerprint density at radius 1 is 1.43 bits per heavy atom. The SMILES string of the molecule is O=C(O)C=C1CCCC=C1CC(=O)O. The van der Waals surface area contributed by atoms with Crippen LogP contribution in [0.25, 0.3) is 0 Å². The van der Waals surface area contributed by atoms with E-state index >= 15 is 0 Å². The van der Waals surface area contributed by atoms with Gasteiger partial charge in [-0.05, 0) is 30.4 Å². The molecule has 14 heavy (non-hydrogen) atoms. The van der Waals surface area contributed by atoms with Crippen molar-refractivity contribution < 1.29 is 19.8 Å². The highest BCUT2D eigenvalue weighted by molar-refractivity contribution is 5.82. The summed E-state index contributed by atoms with van der Waals surface area (Å²) in [5.41, 5.74) is 1.29. The average Bonchev–Trinajstić information content (AvgIpc) is 2.06. The van der Waals surface area contributed by atoms with Gasteiger partial charge in [0.1, 0.15) is 0 Å². The van der Waals surface area contributed by atoms with E-state index in [1.807, 2.05) is 6.08 Å². The summed E-state index contributed by atoms with van der Waals surface area (Å²) in [5.74, 6) is -1.94. The summed E-state index contributed by atoms with van der Waals surface area (Å²) >= 11 is 0. The highest BCUT2D eigenvalue weighted by atomic mass is 16.4. The molecule has 0 unspecified atom stereocenters. The van der Waals surface area contributed by atoms with Gasteiger partial charge in [-0.15, -0.1) is 0 Å². The summed E-state index contributed by atoms with van der Waals surface area (Å²) in [6.07, 6.45) is 5.21. The highest BCUT2D eigenvalue weighted by Crippen LogP contribution is 2.26. The molecule has 0 saturated heterocycles. The Morgan fingerprint density at radius 3 is 2.71 bits per heavy atom. The fraction of sp³-hybridized carbons (Fsp3) is 0.400. The second-order valence-corrected chi connectivity index (χ2v) is 3.20. The van der Waals surface area contributed by atoms with Gasteiger partial charge in [-0.1, -0.05) is 6.08 Å². The van der Waals surface area contributed by atoms with Gasteiger partial charge >= 0.3 is 11.9 Å². The van der Waals surface area contributed by atoms with Crippen LogP contribution in [0.2, 0.25) is 0 Å². The van der Waals surface area contributed by atoms with Crippen LogP contribution < -0.4 is 0 Å². The zero-order valence-electron chi connectivity index (χ0n) is 7.69. The zero-order valence-corrected chi connectivity index (χ0v) is 7.69. The maximum Gasteiger partial charge on any atom is 0.328 e. The fourth-order valence-corrected chi connectivity index (χ4v) is 1.52. The van der Waals surface area contributed by atoms with Crippen LogP contribution in [-0.4, -0.2) is 22.2 Å². The Balaban J connectivity index is 2.82. The van der Waals surface area contributed by atoms with Crippen molar-refractivity contribution in [3.8, 4) is 0 Å². The monoisotopic (exact) mass is 196 g/mol. The molecule has 0 bridgehead atoms. The molecule has 0 aliphatic heterocycles. The predicted molar refractivity (Wildman–Crippen MR) is 49.9 cm³/mol. The van der Waals surface area contributed by atoms with Crippen molar-refractivity contribution in [3.63, 3.8) is 0 Å². The average molecular weight is 196 g/mol. The molecular formula is C10H12O4. The minimum Gasteiger partial charge on any atom is -0.481 e. The highest BCUT2D eigenvalue weighted by Gasteiger charge is 2.14. The molecule has 0 atom stereocenters. The Bertz CT molecular complexity index is 312. The molecule has 1 aliphatic carbocycles. The molecule has 0 spiro atoms. The third-order valence-electron chi connectivity index (χ3n) is 2.09. The first-order chi connectivity index (χ1) is 6.59. The Hall–Kier alpha value is -1.58. The number of carboxylic acid groups (broad SMARTS) is 2. The number of hydrogen-bond acceptors (Lipinski definition) is 2. The lowest BCUT2D eigenvalue weighted by Crippen LogP contribution is -2.05. The minimum atomic E-state index is -1.02. The second-order valence-electron chi connectivity index (χ2n) is 3.20. The number of carboxylic acids is 2. The van der Waals surface area contributed by atoms with Gasteiger partial charge in [0.2, 0.25) is 0 Å². The standard InChI is InChI=1S/C10H12O4/c11-9(12)5-7-3-1-2-4-8(7)6-10(13)14/h3,6H,1-2,4-5H2,(H,11,12)(H,13,14). The summed E-state index contributed by atoms with van der Waals surface area (Å²) < 4.78 is 0. The van der Waals surface area contributed by atoms with Crippen molar-refractivity contribution in [3.05, 3.63) is 23.3 Å². The van der Waals surface area contributed by atoms with Crippen molar-refractivity contribution in [2.24, 2.45) is 0 Å². The van der Waals surface area contributed by atoms with E-state index < -0.39 is 11.9 Å². The lowest BCUT2D eigenvalue weighted by Gasteiger charge is -2.14. The molecule has 0 fully saturated rings. The topological polar surface area (TPSA) is 74.6 Å². The van der Waals surface area contributed by atoms with E-state index in [2.05, 4.69) is 0 Å². The molecule has 1 aliphatic rings. The van der Waals surface area contributed by atoms with Gasteiger partial charge in [0.05, 0.1) is 6.42 Å². The summed E-state index contributed by atoms with van der Waals surface area (Å²) in [5, 5.41) is 17.2. The van der Waals surface area contributed by atoms with Crippen LogP contribution in [0.5, 0.6) is 0 Å². The van der Waals surface area contributed by atoms with E-state index in [0.29, 0.717) is 17.6 Å². The van der Waals surface area contributed by atoms with Crippen LogP contribution in [-0.2, 0) is 9.59 Å². The summed E-state index contributed by atoms with van der Waals surface area (Å²) in [6.45, 7) is 0. The van der Waals surface area contributed by atoms with Gasteiger partial charge in [-0.25, -0.2) is 4.79 Å². The molecule has 0 heterocycles. The molecule has 0 aromatic heterocycles.